The van der Waals surface area contributed by atoms with Gasteiger partial charge in [-0.05, 0) is 56.6 Å². The number of hydrogen-bond donors (Lipinski definition) is 1. The van der Waals surface area contributed by atoms with Crippen LogP contribution in [0.15, 0.2) is 17.5 Å². The highest BCUT2D eigenvalue weighted by Gasteiger charge is 2.29. The van der Waals surface area contributed by atoms with Crippen LogP contribution in [-0.4, -0.2) is 52.9 Å². The quantitative estimate of drug-likeness (QED) is 0.822. The van der Waals surface area contributed by atoms with Gasteiger partial charge in [0.25, 0.3) is 0 Å². The number of piperidine rings is 2. The van der Waals surface area contributed by atoms with Crippen molar-refractivity contribution in [2.45, 2.75) is 51.0 Å². The number of thiazole rings is 1. The summed E-state index contributed by atoms with van der Waals surface area (Å²) in [5, 5.41) is 2.58. The van der Waals surface area contributed by atoms with Crippen molar-refractivity contribution < 1.29 is 4.79 Å². The molecule has 0 aliphatic carbocycles. The van der Waals surface area contributed by atoms with E-state index in [0.29, 0.717) is 17.6 Å². The summed E-state index contributed by atoms with van der Waals surface area (Å²) in [5.74, 6) is 0.234. The predicted molar refractivity (Wildman–Crippen MR) is 113 cm³/mol. The van der Waals surface area contributed by atoms with Crippen LogP contribution in [0.1, 0.15) is 43.4 Å². The second-order valence-corrected chi connectivity index (χ2v) is 9.64. The Hall–Kier alpha value is -1.44. The number of nitrogens with two attached hydrogens (primary N) is 1. The lowest BCUT2D eigenvalue weighted by molar-refractivity contribution is -0.134. The van der Waals surface area contributed by atoms with Gasteiger partial charge in [0.05, 0.1) is 17.0 Å². The zero-order valence-corrected chi connectivity index (χ0v) is 17.4. The van der Waals surface area contributed by atoms with Crippen LogP contribution >= 0.6 is 22.7 Å². The third-order valence-electron chi connectivity index (χ3n) is 5.65. The summed E-state index contributed by atoms with van der Waals surface area (Å²) in [7, 11) is 0. The van der Waals surface area contributed by atoms with E-state index in [4.69, 9.17) is 5.73 Å². The Bertz CT molecular complexity index is 752. The van der Waals surface area contributed by atoms with Gasteiger partial charge in [-0.2, -0.15) is 0 Å². The van der Waals surface area contributed by atoms with Crippen molar-refractivity contribution in [3.05, 3.63) is 22.4 Å². The molecule has 0 radical (unpaired) electrons. The van der Waals surface area contributed by atoms with Crippen molar-refractivity contribution in [2.75, 3.05) is 31.9 Å². The third-order valence-corrected chi connectivity index (χ3v) is 7.41. The molecule has 0 spiro atoms. The number of hydrogen-bond acceptors (Lipinski definition) is 6. The molecule has 1 amide bonds. The van der Waals surface area contributed by atoms with E-state index < -0.39 is 0 Å². The van der Waals surface area contributed by atoms with E-state index in [9.17, 15) is 4.79 Å². The molecule has 2 aliphatic rings. The van der Waals surface area contributed by atoms with Crippen LogP contribution in [0.5, 0.6) is 0 Å². The lowest BCUT2D eigenvalue weighted by Gasteiger charge is -2.39. The second kappa shape index (κ2) is 8.71. The molecule has 146 valence electrons. The van der Waals surface area contributed by atoms with E-state index >= 15 is 0 Å². The molecule has 27 heavy (non-hydrogen) atoms. The van der Waals surface area contributed by atoms with E-state index in [1.165, 1.54) is 50.1 Å². The highest BCUT2D eigenvalue weighted by molar-refractivity contribution is 7.17. The molecule has 2 fully saturated rings. The standard InChI is InChI=1S/C20H28N4OS2/c21-20-22-19(16-8-6-12-26-16)17(27-20)13-18(25)24-11-5-2-7-15(24)14-23-9-3-1-4-10-23/h6,8,12,15H,1-5,7,9-11,13-14H2,(H2,21,22). The van der Waals surface area contributed by atoms with Crippen LogP contribution in [0.3, 0.4) is 0 Å². The molecule has 7 heteroatoms. The summed E-state index contributed by atoms with van der Waals surface area (Å²) in [6.07, 6.45) is 7.84. The van der Waals surface area contributed by atoms with Crippen LogP contribution < -0.4 is 5.73 Å². The van der Waals surface area contributed by atoms with Crippen molar-refractivity contribution in [1.29, 1.82) is 0 Å². The number of carbonyl (C=O) groups excluding carboxylic acids is 1. The van der Waals surface area contributed by atoms with Crippen molar-refractivity contribution in [1.82, 2.24) is 14.8 Å². The molecular weight excluding hydrogens is 376 g/mol. The van der Waals surface area contributed by atoms with E-state index in [1.807, 2.05) is 17.5 Å². The summed E-state index contributed by atoms with van der Waals surface area (Å²) in [6, 6.07) is 4.42. The minimum Gasteiger partial charge on any atom is -0.375 e. The molecule has 4 heterocycles. The molecule has 2 saturated heterocycles. The highest BCUT2D eigenvalue weighted by Crippen LogP contribution is 2.33. The van der Waals surface area contributed by atoms with Gasteiger partial charge >= 0.3 is 0 Å². The number of anilines is 1. The molecule has 2 aliphatic heterocycles. The van der Waals surface area contributed by atoms with E-state index in [-0.39, 0.29) is 5.91 Å². The minimum absolute atomic E-state index is 0.234. The molecule has 4 rings (SSSR count). The summed E-state index contributed by atoms with van der Waals surface area (Å²) in [6.45, 7) is 4.30. The fourth-order valence-electron chi connectivity index (χ4n) is 4.29. The van der Waals surface area contributed by atoms with Gasteiger partial charge in [-0.15, -0.1) is 22.7 Å². The largest absolute Gasteiger partial charge is 0.375 e. The third kappa shape index (κ3) is 4.52. The Morgan fingerprint density at radius 2 is 2.00 bits per heavy atom. The Balaban J connectivity index is 1.46. The van der Waals surface area contributed by atoms with Gasteiger partial charge in [0.1, 0.15) is 0 Å². The minimum atomic E-state index is 0.234. The first-order valence-electron chi connectivity index (χ1n) is 10.0. The molecule has 0 aromatic carbocycles. The van der Waals surface area contributed by atoms with E-state index in [1.54, 1.807) is 11.3 Å². The predicted octanol–water partition coefficient (Wildman–Crippen LogP) is 3.86. The molecule has 0 bridgehead atoms. The summed E-state index contributed by atoms with van der Waals surface area (Å²) in [4.78, 5) is 24.5. The molecule has 1 atom stereocenters. The maximum atomic E-state index is 13.2. The molecule has 2 N–H and O–H groups in total. The van der Waals surface area contributed by atoms with Crippen molar-refractivity contribution in [3.63, 3.8) is 0 Å². The van der Waals surface area contributed by atoms with Crippen molar-refractivity contribution in [3.8, 4) is 10.6 Å². The first kappa shape index (κ1) is 18.9. The molecule has 5 nitrogen and oxygen atoms in total. The summed E-state index contributed by atoms with van der Waals surface area (Å²) >= 11 is 3.10. The van der Waals surface area contributed by atoms with Crippen molar-refractivity contribution >= 4 is 33.7 Å². The monoisotopic (exact) mass is 404 g/mol. The first-order chi connectivity index (χ1) is 13.2. The number of nitrogen functional groups attached to an aromatic ring is 1. The average Bonchev–Trinajstić information content (AvgIpc) is 3.32. The maximum absolute atomic E-state index is 13.2. The van der Waals surface area contributed by atoms with Gasteiger partial charge in [0, 0.05) is 24.0 Å². The molecule has 0 saturated carbocycles. The van der Waals surface area contributed by atoms with Gasteiger partial charge < -0.3 is 15.5 Å². The highest BCUT2D eigenvalue weighted by atomic mass is 32.1. The number of likely N-dealkylation sites (tertiary alicyclic amines) is 2. The van der Waals surface area contributed by atoms with Gasteiger partial charge in [0.2, 0.25) is 5.91 Å². The Morgan fingerprint density at radius 1 is 1.19 bits per heavy atom. The van der Waals surface area contributed by atoms with Crippen molar-refractivity contribution in [2.24, 2.45) is 0 Å². The Kier molecular flexibility index (Phi) is 6.10. The Morgan fingerprint density at radius 3 is 2.78 bits per heavy atom. The lowest BCUT2D eigenvalue weighted by Crippen LogP contribution is -2.50. The number of rotatable bonds is 5. The topological polar surface area (TPSA) is 62.5 Å². The number of amides is 1. The average molecular weight is 405 g/mol. The van der Waals surface area contributed by atoms with E-state index in [0.717, 1.165) is 41.4 Å². The summed E-state index contributed by atoms with van der Waals surface area (Å²) < 4.78 is 0. The van der Waals surface area contributed by atoms with Crippen LogP contribution in [0.4, 0.5) is 5.13 Å². The first-order valence-corrected chi connectivity index (χ1v) is 11.7. The van der Waals surface area contributed by atoms with Crippen LogP contribution in [0, 0.1) is 0 Å². The lowest BCUT2D eigenvalue weighted by atomic mass is 9.99. The van der Waals surface area contributed by atoms with Crippen LogP contribution in [0.2, 0.25) is 0 Å². The Labute approximate surface area is 169 Å². The van der Waals surface area contributed by atoms with Crippen LogP contribution in [-0.2, 0) is 11.2 Å². The van der Waals surface area contributed by atoms with Gasteiger partial charge in [-0.1, -0.05) is 12.5 Å². The number of aromatic nitrogens is 1. The number of carbonyl (C=O) groups is 1. The van der Waals surface area contributed by atoms with Gasteiger partial charge in [-0.25, -0.2) is 4.98 Å². The zero-order chi connectivity index (χ0) is 18.6. The fraction of sp³-hybridized carbons (Fsp3) is 0.600. The zero-order valence-electron chi connectivity index (χ0n) is 15.7. The summed E-state index contributed by atoms with van der Waals surface area (Å²) in [5.41, 5.74) is 6.87. The molecule has 2 aromatic rings. The molecule has 1 unspecified atom stereocenters. The molecular formula is C20H28N4OS2. The molecule has 2 aromatic heterocycles. The second-order valence-electron chi connectivity index (χ2n) is 7.58. The number of nitrogens with zero attached hydrogens (tertiary/aromatic N) is 3. The smallest absolute Gasteiger partial charge is 0.228 e. The van der Waals surface area contributed by atoms with Gasteiger partial charge in [-0.3, -0.25) is 4.79 Å². The number of thiophene rings is 1. The fourth-order valence-corrected chi connectivity index (χ4v) is 5.94. The SMILES string of the molecule is Nc1nc(-c2cccs2)c(CC(=O)N2CCCCC2CN2CCCCC2)s1. The normalized spacial score (nSPS) is 21.5. The van der Waals surface area contributed by atoms with Gasteiger partial charge in [0.15, 0.2) is 5.13 Å². The maximum Gasteiger partial charge on any atom is 0.228 e. The van der Waals surface area contributed by atoms with Crippen LogP contribution in [0.25, 0.3) is 10.6 Å². The van der Waals surface area contributed by atoms with E-state index in [2.05, 4.69) is 14.8 Å².